The van der Waals surface area contributed by atoms with Gasteiger partial charge in [0.1, 0.15) is 11.6 Å². The Kier molecular flexibility index (Phi) is 3.82. The largest absolute Gasteiger partial charge is 0.373 e. The first-order valence-corrected chi connectivity index (χ1v) is 7.16. The van der Waals surface area contributed by atoms with Gasteiger partial charge in [-0.1, -0.05) is 0 Å². The van der Waals surface area contributed by atoms with Gasteiger partial charge in [-0.3, -0.25) is 0 Å². The number of aromatic amines is 1. The van der Waals surface area contributed by atoms with Gasteiger partial charge < -0.3 is 10.3 Å². The third kappa shape index (κ3) is 3.09. The van der Waals surface area contributed by atoms with Gasteiger partial charge in [0.25, 0.3) is 0 Å². The molecule has 2 aromatic rings. The molecule has 1 unspecified atom stereocenters. The van der Waals surface area contributed by atoms with Crippen LogP contribution in [0.25, 0.3) is 0 Å². The van der Waals surface area contributed by atoms with Crippen molar-refractivity contribution in [1.82, 2.24) is 19.7 Å². The lowest BCUT2D eigenvalue weighted by atomic mass is 10.3. The van der Waals surface area contributed by atoms with Gasteiger partial charge in [0.2, 0.25) is 10.0 Å². The van der Waals surface area contributed by atoms with Gasteiger partial charge in [-0.25, -0.2) is 23.1 Å². The zero-order valence-corrected chi connectivity index (χ0v) is 11.4. The lowest BCUT2D eigenvalue weighted by molar-refractivity contribution is 0.561. The van der Waals surface area contributed by atoms with Crippen molar-refractivity contribution in [3.05, 3.63) is 36.5 Å². The molecule has 2 rings (SSSR count). The number of nitrogens with one attached hydrogen (secondary N) is 3. The highest BCUT2D eigenvalue weighted by Crippen LogP contribution is 2.15. The number of anilines is 1. The SMILES string of the molecule is CNc1cc(S(=O)(=O)NC(C)c2ncc[nH]2)ccn1. The number of H-pyrrole nitrogens is 1. The second-order valence-electron chi connectivity index (χ2n) is 3.94. The molecule has 8 heteroatoms. The number of pyridine rings is 1. The van der Waals surface area contributed by atoms with Crippen LogP contribution >= 0.6 is 0 Å². The monoisotopic (exact) mass is 281 g/mol. The summed E-state index contributed by atoms with van der Waals surface area (Å²) in [5.74, 6) is 1.06. The Hall–Kier alpha value is -1.93. The Morgan fingerprint density at radius 3 is 2.74 bits per heavy atom. The van der Waals surface area contributed by atoms with E-state index < -0.39 is 16.1 Å². The van der Waals surface area contributed by atoms with Gasteiger partial charge in [0.05, 0.1) is 10.9 Å². The molecule has 0 aliphatic heterocycles. The van der Waals surface area contributed by atoms with Crippen LogP contribution < -0.4 is 10.0 Å². The Morgan fingerprint density at radius 1 is 1.32 bits per heavy atom. The van der Waals surface area contributed by atoms with Crippen LogP contribution in [-0.2, 0) is 10.0 Å². The minimum atomic E-state index is -3.61. The van der Waals surface area contributed by atoms with Crippen LogP contribution in [0.1, 0.15) is 18.8 Å². The van der Waals surface area contributed by atoms with E-state index >= 15 is 0 Å². The number of hydrogen-bond acceptors (Lipinski definition) is 5. The van der Waals surface area contributed by atoms with E-state index in [1.165, 1.54) is 18.3 Å². The number of sulfonamides is 1. The van der Waals surface area contributed by atoms with Gasteiger partial charge in [0, 0.05) is 31.7 Å². The topological polar surface area (TPSA) is 99.8 Å². The maximum absolute atomic E-state index is 12.2. The van der Waals surface area contributed by atoms with Crippen LogP contribution in [0.2, 0.25) is 0 Å². The first-order valence-electron chi connectivity index (χ1n) is 5.68. The van der Waals surface area contributed by atoms with Gasteiger partial charge in [-0.2, -0.15) is 0 Å². The smallest absolute Gasteiger partial charge is 0.241 e. The Bertz CT molecular complexity index is 639. The van der Waals surface area contributed by atoms with E-state index in [0.29, 0.717) is 11.6 Å². The van der Waals surface area contributed by atoms with Crippen LogP contribution in [0, 0.1) is 0 Å². The molecule has 2 heterocycles. The highest BCUT2D eigenvalue weighted by atomic mass is 32.2. The summed E-state index contributed by atoms with van der Waals surface area (Å²) in [7, 11) is -1.93. The van der Waals surface area contributed by atoms with Crippen molar-refractivity contribution >= 4 is 15.8 Å². The fourth-order valence-corrected chi connectivity index (χ4v) is 2.81. The minimum Gasteiger partial charge on any atom is -0.373 e. The molecule has 0 saturated carbocycles. The van der Waals surface area contributed by atoms with Crippen LogP contribution in [0.4, 0.5) is 5.82 Å². The Morgan fingerprint density at radius 2 is 2.11 bits per heavy atom. The van der Waals surface area contributed by atoms with Gasteiger partial charge in [-0.15, -0.1) is 0 Å². The fourth-order valence-electron chi connectivity index (χ4n) is 1.59. The molecular formula is C11H15N5O2S. The number of rotatable bonds is 5. The summed E-state index contributed by atoms with van der Waals surface area (Å²) >= 11 is 0. The van der Waals surface area contributed by atoms with E-state index in [0.717, 1.165) is 0 Å². The first kappa shape index (κ1) is 13.5. The third-order valence-electron chi connectivity index (χ3n) is 2.56. The first-order chi connectivity index (χ1) is 9.03. The van der Waals surface area contributed by atoms with Crippen molar-refractivity contribution in [1.29, 1.82) is 0 Å². The zero-order valence-electron chi connectivity index (χ0n) is 10.6. The molecule has 0 fully saturated rings. The lowest BCUT2D eigenvalue weighted by Gasteiger charge is -2.12. The van der Waals surface area contributed by atoms with Crippen molar-refractivity contribution in [3.63, 3.8) is 0 Å². The summed E-state index contributed by atoms with van der Waals surface area (Å²) < 4.78 is 26.9. The van der Waals surface area contributed by atoms with Crippen molar-refractivity contribution in [2.24, 2.45) is 0 Å². The van der Waals surface area contributed by atoms with Gasteiger partial charge in [0.15, 0.2) is 0 Å². The molecule has 2 aromatic heterocycles. The molecular weight excluding hydrogens is 266 g/mol. The molecule has 0 saturated heterocycles. The summed E-state index contributed by atoms with van der Waals surface area (Å²) in [6.45, 7) is 1.72. The van der Waals surface area contributed by atoms with E-state index in [-0.39, 0.29) is 4.90 Å². The van der Waals surface area contributed by atoms with Crippen molar-refractivity contribution < 1.29 is 8.42 Å². The number of nitrogens with zero attached hydrogens (tertiary/aromatic N) is 2. The molecule has 102 valence electrons. The molecule has 3 N–H and O–H groups in total. The molecule has 0 aliphatic carbocycles. The number of hydrogen-bond donors (Lipinski definition) is 3. The summed E-state index contributed by atoms with van der Waals surface area (Å²) in [6, 6.07) is 2.47. The summed E-state index contributed by atoms with van der Waals surface area (Å²) in [6.07, 6.45) is 4.66. The number of imidazole rings is 1. The van der Waals surface area contributed by atoms with E-state index in [1.54, 1.807) is 26.4 Å². The molecule has 0 aromatic carbocycles. The summed E-state index contributed by atoms with van der Waals surface area (Å²) in [5.41, 5.74) is 0. The van der Waals surface area contributed by atoms with Gasteiger partial charge >= 0.3 is 0 Å². The van der Waals surface area contributed by atoms with Crippen molar-refractivity contribution in [2.45, 2.75) is 17.9 Å². The molecule has 7 nitrogen and oxygen atoms in total. The van der Waals surface area contributed by atoms with Crippen molar-refractivity contribution in [3.8, 4) is 0 Å². The Labute approximate surface area is 111 Å². The average Bonchev–Trinajstić information content (AvgIpc) is 2.92. The van der Waals surface area contributed by atoms with Crippen molar-refractivity contribution in [2.75, 3.05) is 12.4 Å². The molecule has 0 aliphatic rings. The average molecular weight is 281 g/mol. The maximum Gasteiger partial charge on any atom is 0.241 e. The summed E-state index contributed by atoms with van der Waals surface area (Å²) in [4.78, 5) is 11.0. The van der Waals surface area contributed by atoms with Crippen LogP contribution in [-0.4, -0.2) is 30.4 Å². The predicted molar refractivity (Wildman–Crippen MR) is 71.1 cm³/mol. The molecule has 0 radical (unpaired) electrons. The molecule has 0 bridgehead atoms. The van der Waals surface area contributed by atoms with E-state index in [4.69, 9.17) is 0 Å². The number of aromatic nitrogens is 3. The second-order valence-corrected chi connectivity index (χ2v) is 5.66. The van der Waals surface area contributed by atoms with E-state index in [9.17, 15) is 8.42 Å². The third-order valence-corrected chi connectivity index (χ3v) is 4.10. The highest BCUT2D eigenvalue weighted by Gasteiger charge is 2.20. The normalized spacial score (nSPS) is 13.2. The van der Waals surface area contributed by atoms with Gasteiger partial charge in [-0.05, 0) is 13.0 Å². The van der Waals surface area contributed by atoms with Crippen LogP contribution in [0.3, 0.4) is 0 Å². The predicted octanol–water partition coefficient (Wildman–Crippen LogP) is 0.886. The van der Waals surface area contributed by atoms with E-state index in [1.807, 2.05) is 0 Å². The van der Waals surface area contributed by atoms with Crippen LogP contribution in [0.5, 0.6) is 0 Å². The standard InChI is InChI=1S/C11H15N5O2S/c1-8(11-14-5-6-15-11)16-19(17,18)9-3-4-13-10(7-9)12-2/h3-8,16H,1-2H3,(H,12,13)(H,14,15). The van der Waals surface area contributed by atoms with E-state index in [2.05, 4.69) is 25.0 Å². The molecule has 19 heavy (non-hydrogen) atoms. The molecule has 0 spiro atoms. The molecule has 1 atom stereocenters. The quantitative estimate of drug-likeness (QED) is 0.755. The highest BCUT2D eigenvalue weighted by molar-refractivity contribution is 7.89. The molecule has 0 amide bonds. The minimum absolute atomic E-state index is 0.158. The lowest BCUT2D eigenvalue weighted by Crippen LogP contribution is -2.27. The maximum atomic E-state index is 12.2. The zero-order chi connectivity index (χ0) is 13.9. The fraction of sp³-hybridized carbons (Fsp3) is 0.273. The Balaban J connectivity index is 2.22. The summed E-state index contributed by atoms with van der Waals surface area (Å²) in [5, 5.41) is 2.80. The second kappa shape index (κ2) is 5.37. The van der Waals surface area contributed by atoms with Crippen LogP contribution in [0.15, 0.2) is 35.6 Å².